The molecule has 0 fully saturated rings. The van der Waals surface area contributed by atoms with Crippen molar-refractivity contribution in [2.45, 2.75) is 13.5 Å². The van der Waals surface area contributed by atoms with E-state index in [0.29, 0.717) is 12.2 Å². The minimum Gasteiger partial charge on any atom is -0.496 e. The van der Waals surface area contributed by atoms with Gasteiger partial charge in [-0.2, -0.15) is 0 Å². The average Bonchev–Trinajstić information content (AvgIpc) is 2.48. The Hall–Kier alpha value is -2.36. The van der Waals surface area contributed by atoms with Crippen molar-refractivity contribution in [1.29, 1.82) is 0 Å². The minimum absolute atomic E-state index is 0.0241. The van der Waals surface area contributed by atoms with Crippen LogP contribution in [0.5, 0.6) is 5.75 Å². The lowest BCUT2D eigenvalue weighted by Crippen LogP contribution is -2.17. The van der Waals surface area contributed by atoms with E-state index >= 15 is 0 Å². The van der Waals surface area contributed by atoms with E-state index < -0.39 is 0 Å². The van der Waals surface area contributed by atoms with Crippen LogP contribution in [-0.4, -0.2) is 24.9 Å². The first-order chi connectivity index (χ1) is 9.61. The van der Waals surface area contributed by atoms with E-state index in [9.17, 15) is 4.79 Å². The summed E-state index contributed by atoms with van der Waals surface area (Å²) in [6, 6.07) is 11.6. The Labute approximate surface area is 119 Å². The highest BCUT2D eigenvalue weighted by Gasteiger charge is 2.08. The standard InChI is InChI=1S/C16H18N2O2/c1-12(19)15-9-8-14(10-17-15)18(2)11-13-6-4-5-7-16(13)20-3/h4-10H,11H2,1-3H3. The Kier molecular flexibility index (Phi) is 4.35. The van der Waals surface area contributed by atoms with E-state index in [1.54, 1.807) is 19.4 Å². The number of rotatable bonds is 5. The number of carbonyl (C=O) groups excluding carboxylic acids is 1. The van der Waals surface area contributed by atoms with Gasteiger partial charge < -0.3 is 9.64 Å². The zero-order chi connectivity index (χ0) is 14.5. The van der Waals surface area contributed by atoms with Crippen LogP contribution in [0.2, 0.25) is 0 Å². The van der Waals surface area contributed by atoms with Gasteiger partial charge in [-0.15, -0.1) is 0 Å². The third-order valence-corrected chi connectivity index (χ3v) is 3.15. The summed E-state index contributed by atoms with van der Waals surface area (Å²) in [6.45, 7) is 2.23. The first-order valence-corrected chi connectivity index (χ1v) is 6.42. The van der Waals surface area contributed by atoms with Crippen molar-refractivity contribution in [3.63, 3.8) is 0 Å². The van der Waals surface area contributed by atoms with Crippen molar-refractivity contribution < 1.29 is 9.53 Å². The monoisotopic (exact) mass is 270 g/mol. The molecule has 0 radical (unpaired) electrons. The molecule has 0 N–H and O–H groups in total. The number of anilines is 1. The van der Waals surface area contributed by atoms with Gasteiger partial charge in [0.25, 0.3) is 0 Å². The topological polar surface area (TPSA) is 42.4 Å². The lowest BCUT2D eigenvalue weighted by atomic mass is 10.2. The van der Waals surface area contributed by atoms with E-state index in [2.05, 4.69) is 9.88 Å². The van der Waals surface area contributed by atoms with E-state index in [1.807, 2.05) is 37.4 Å². The Morgan fingerprint density at radius 1 is 1.25 bits per heavy atom. The summed E-state index contributed by atoms with van der Waals surface area (Å²) in [7, 11) is 3.65. The van der Waals surface area contributed by atoms with Gasteiger partial charge in [-0.3, -0.25) is 9.78 Å². The number of ether oxygens (including phenoxy) is 1. The fourth-order valence-corrected chi connectivity index (χ4v) is 2.00. The molecule has 2 aromatic rings. The highest BCUT2D eigenvalue weighted by atomic mass is 16.5. The molecule has 20 heavy (non-hydrogen) atoms. The Morgan fingerprint density at radius 3 is 2.60 bits per heavy atom. The molecular formula is C16H18N2O2. The Bertz CT molecular complexity index is 594. The number of carbonyl (C=O) groups is 1. The van der Waals surface area contributed by atoms with Crippen LogP contribution in [0, 0.1) is 0 Å². The molecular weight excluding hydrogens is 252 g/mol. The smallest absolute Gasteiger partial charge is 0.178 e. The van der Waals surface area contributed by atoms with Crippen molar-refractivity contribution in [3.8, 4) is 5.75 Å². The van der Waals surface area contributed by atoms with Crippen LogP contribution >= 0.6 is 0 Å². The van der Waals surface area contributed by atoms with Gasteiger partial charge in [0.2, 0.25) is 0 Å². The van der Waals surface area contributed by atoms with Crippen LogP contribution < -0.4 is 9.64 Å². The van der Waals surface area contributed by atoms with E-state index in [-0.39, 0.29) is 5.78 Å². The maximum Gasteiger partial charge on any atom is 0.178 e. The summed E-state index contributed by atoms with van der Waals surface area (Å²) >= 11 is 0. The SMILES string of the molecule is COc1ccccc1CN(C)c1ccc(C(C)=O)nc1. The fraction of sp³-hybridized carbons (Fsp3) is 0.250. The highest BCUT2D eigenvalue weighted by molar-refractivity contribution is 5.92. The van der Waals surface area contributed by atoms with Crippen molar-refractivity contribution in [2.24, 2.45) is 0 Å². The summed E-state index contributed by atoms with van der Waals surface area (Å²) in [5, 5.41) is 0. The second-order valence-electron chi connectivity index (χ2n) is 4.63. The second kappa shape index (κ2) is 6.19. The van der Waals surface area contributed by atoms with Crippen LogP contribution in [0.25, 0.3) is 0 Å². The van der Waals surface area contributed by atoms with E-state index in [4.69, 9.17) is 4.74 Å². The summed E-state index contributed by atoms with van der Waals surface area (Å²) in [4.78, 5) is 17.4. The van der Waals surface area contributed by atoms with Gasteiger partial charge in [0, 0.05) is 26.1 Å². The molecule has 4 heteroatoms. The molecule has 0 saturated carbocycles. The summed E-state index contributed by atoms with van der Waals surface area (Å²) in [5.74, 6) is 0.844. The number of methoxy groups -OCH3 is 1. The first kappa shape index (κ1) is 14.1. The minimum atomic E-state index is -0.0241. The van der Waals surface area contributed by atoms with Gasteiger partial charge in [-0.05, 0) is 18.2 Å². The van der Waals surface area contributed by atoms with Gasteiger partial charge in [0.15, 0.2) is 5.78 Å². The number of pyridine rings is 1. The average molecular weight is 270 g/mol. The van der Waals surface area contributed by atoms with Crippen LogP contribution in [0.3, 0.4) is 0 Å². The lowest BCUT2D eigenvalue weighted by Gasteiger charge is -2.20. The number of Topliss-reactive ketones (excluding diaryl/α,β-unsaturated/α-hetero) is 1. The number of hydrogen-bond acceptors (Lipinski definition) is 4. The van der Waals surface area contributed by atoms with Gasteiger partial charge in [-0.1, -0.05) is 18.2 Å². The third kappa shape index (κ3) is 3.15. The molecule has 0 aliphatic rings. The molecule has 0 saturated heterocycles. The van der Waals surface area contributed by atoms with E-state index in [0.717, 1.165) is 17.0 Å². The van der Waals surface area contributed by atoms with Gasteiger partial charge >= 0.3 is 0 Å². The molecule has 2 rings (SSSR count). The quantitative estimate of drug-likeness (QED) is 0.783. The number of para-hydroxylation sites is 1. The van der Waals surface area contributed by atoms with Crippen LogP contribution in [0.4, 0.5) is 5.69 Å². The Morgan fingerprint density at radius 2 is 2.00 bits per heavy atom. The zero-order valence-electron chi connectivity index (χ0n) is 12.0. The Balaban J connectivity index is 2.15. The number of ketones is 1. The summed E-state index contributed by atoms with van der Waals surface area (Å²) in [6.07, 6.45) is 1.71. The molecule has 0 unspecified atom stereocenters. The van der Waals surface area contributed by atoms with Crippen molar-refractivity contribution in [1.82, 2.24) is 4.98 Å². The molecule has 0 amide bonds. The van der Waals surface area contributed by atoms with Gasteiger partial charge in [-0.25, -0.2) is 0 Å². The highest BCUT2D eigenvalue weighted by Crippen LogP contribution is 2.21. The maximum absolute atomic E-state index is 11.2. The molecule has 0 spiro atoms. The molecule has 104 valence electrons. The zero-order valence-corrected chi connectivity index (χ0v) is 12.0. The second-order valence-corrected chi connectivity index (χ2v) is 4.63. The van der Waals surface area contributed by atoms with Crippen molar-refractivity contribution in [2.75, 3.05) is 19.1 Å². The van der Waals surface area contributed by atoms with Crippen LogP contribution in [0.1, 0.15) is 23.0 Å². The normalized spacial score (nSPS) is 10.2. The number of benzene rings is 1. The predicted molar refractivity (Wildman–Crippen MR) is 79.3 cm³/mol. The number of nitrogens with zero attached hydrogens (tertiary/aromatic N) is 2. The molecule has 0 atom stereocenters. The van der Waals surface area contributed by atoms with Crippen molar-refractivity contribution >= 4 is 11.5 Å². The van der Waals surface area contributed by atoms with Gasteiger partial charge in [0.1, 0.15) is 11.4 Å². The third-order valence-electron chi connectivity index (χ3n) is 3.15. The molecule has 4 nitrogen and oxygen atoms in total. The predicted octanol–water partition coefficient (Wildman–Crippen LogP) is 2.93. The van der Waals surface area contributed by atoms with Crippen LogP contribution in [0.15, 0.2) is 42.6 Å². The summed E-state index contributed by atoms with van der Waals surface area (Å²) < 4.78 is 5.35. The molecule has 1 aromatic heterocycles. The molecule has 0 aliphatic carbocycles. The molecule has 0 aliphatic heterocycles. The van der Waals surface area contributed by atoms with Crippen LogP contribution in [-0.2, 0) is 6.54 Å². The number of aromatic nitrogens is 1. The molecule has 0 bridgehead atoms. The fourth-order valence-electron chi connectivity index (χ4n) is 2.00. The first-order valence-electron chi connectivity index (χ1n) is 6.42. The maximum atomic E-state index is 11.2. The van der Waals surface area contributed by atoms with Crippen molar-refractivity contribution in [3.05, 3.63) is 53.9 Å². The largest absolute Gasteiger partial charge is 0.496 e. The van der Waals surface area contributed by atoms with Gasteiger partial charge in [0.05, 0.1) is 19.0 Å². The van der Waals surface area contributed by atoms with E-state index in [1.165, 1.54) is 6.92 Å². The summed E-state index contributed by atoms with van der Waals surface area (Å²) in [5.41, 5.74) is 2.55. The number of hydrogen-bond donors (Lipinski definition) is 0. The molecule has 1 aromatic carbocycles. The molecule has 1 heterocycles. The lowest BCUT2D eigenvalue weighted by molar-refractivity contribution is 0.101.